The first-order valence-corrected chi connectivity index (χ1v) is 4.32. The largest absolute Gasteiger partial charge is 0.0533 e. The monoisotopic (exact) mass is 128 g/mol. The average molecular weight is 128 g/mol. The van der Waals surface area contributed by atoms with E-state index in [1.807, 2.05) is 0 Å². The van der Waals surface area contributed by atoms with E-state index in [4.69, 9.17) is 1.37 Å². The van der Waals surface area contributed by atoms with E-state index in [-0.39, 0.29) is 6.40 Å². The minimum absolute atomic E-state index is 0.262. The zero-order valence-electron chi connectivity index (χ0n) is 7.23. The molecule has 0 aliphatic heterocycles. The molecule has 0 N–H and O–H groups in total. The summed E-state index contributed by atoms with van der Waals surface area (Å²) in [6.45, 7) is 0. The van der Waals surface area contributed by atoms with Crippen LogP contribution < -0.4 is 0 Å². The zero-order valence-corrected chi connectivity index (χ0v) is 6.23. The first-order valence-electron chi connectivity index (χ1n) is 4.89. The van der Waals surface area contributed by atoms with E-state index in [1.54, 1.807) is 0 Å². The lowest BCUT2D eigenvalue weighted by atomic mass is 10.1. The number of rotatable bonds is 0. The Hall–Kier alpha value is 0. The van der Waals surface area contributed by atoms with Crippen molar-refractivity contribution in [3.63, 3.8) is 0 Å². The van der Waals surface area contributed by atoms with Crippen LogP contribution in [0, 0.1) is 0 Å². The molecule has 0 atom stereocenters. The van der Waals surface area contributed by atoms with E-state index in [9.17, 15) is 0 Å². The van der Waals surface area contributed by atoms with Crippen molar-refractivity contribution in [2.45, 2.75) is 57.8 Å². The van der Waals surface area contributed by atoms with Gasteiger partial charge in [0, 0.05) is 1.37 Å². The van der Waals surface area contributed by atoms with Gasteiger partial charge in [0.2, 0.25) is 0 Å². The Morgan fingerprint density at radius 3 is 1.33 bits per heavy atom. The van der Waals surface area contributed by atoms with Crippen LogP contribution in [0.1, 0.15) is 59.1 Å². The molecule has 1 fully saturated rings. The predicted molar refractivity (Wildman–Crippen MR) is 41.6 cm³/mol. The Balaban J connectivity index is 2.15. The summed E-state index contributed by atoms with van der Waals surface area (Å²) in [5, 5.41) is 0. The van der Waals surface area contributed by atoms with Crippen molar-refractivity contribution in [3.8, 4) is 0 Å². The average Bonchev–Trinajstić information content (AvgIpc) is 2.02. The molecule has 0 radical (unpaired) electrons. The van der Waals surface area contributed by atoms with E-state index >= 15 is 0 Å². The van der Waals surface area contributed by atoms with Crippen LogP contribution in [0.5, 0.6) is 0 Å². The molecule has 0 nitrogen and oxygen atoms in total. The third kappa shape index (κ3) is 3.56. The molecule has 54 valence electrons. The van der Waals surface area contributed by atoms with Crippen molar-refractivity contribution in [3.05, 3.63) is 0 Å². The lowest BCUT2D eigenvalue weighted by Crippen LogP contribution is -1.73. The van der Waals surface area contributed by atoms with Crippen LogP contribution in [0.15, 0.2) is 0 Å². The SMILES string of the molecule is [3H]C1CCCCCCCC1. The van der Waals surface area contributed by atoms with Gasteiger partial charge in [-0.05, 0) is 0 Å². The summed E-state index contributed by atoms with van der Waals surface area (Å²) < 4.78 is 7.61. The lowest BCUT2D eigenvalue weighted by Gasteiger charge is -1.93. The topological polar surface area (TPSA) is 0 Å². The maximum atomic E-state index is 7.61. The summed E-state index contributed by atoms with van der Waals surface area (Å²) in [5.74, 6) is 0. The zero-order chi connectivity index (χ0) is 7.23. The van der Waals surface area contributed by atoms with Crippen molar-refractivity contribution >= 4 is 0 Å². The van der Waals surface area contributed by atoms with Gasteiger partial charge in [0.15, 0.2) is 0 Å². The molecule has 0 aromatic rings. The third-order valence-electron chi connectivity index (χ3n) is 2.07. The Labute approximate surface area is 60.1 Å². The molecule has 0 aromatic carbocycles. The molecule has 1 saturated carbocycles. The maximum Gasteiger partial charge on any atom is 0.0267 e. The molecule has 0 amide bonds. The summed E-state index contributed by atoms with van der Waals surface area (Å²) in [4.78, 5) is 0. The molecule has 0 aromatic heterocycles. The quantitative estimate of drug-likeness (QED) is 0.468. The third-order valence-corrected chi connectivity index (χ3v) is 2.07. The molecule has 0 saturated heterocycles. The molecule has 9 heavy (non-hydrogen) atoms. The van der Waals surface area contributed by atoms with Gasteiger partial charge in [-0.25, -0.2) is 0 Å². The van der Waals surface area contributed by atoms with Crippen LogP contribution in [0.25, 0.3) is 0 Å². The fourth-order valence-corrected chi connectivity index (χ4v) is 1.43. The molecular weight excluding hydrogens is 108 g/mol. The minimum atomic E-state index is 0.262. The van der Waals surface area contributed by atoms with Crippen molar-refractivity contribution in [2.24, 2.45) is 0 Å². The van der Waals surface area contributed by atoms with Gasteiger partial charge in [-0.3, -0.25) is 0 Å². The standard InChI is InChI=1S/C9H18/c1-2-4-6-8-9-7-5-3-1/h1-9H2/i1T. The highest BCUT2D eigenvalue weighted by Crippen LogP contribution is 2.15. The first kappa shape index (κ1) is 5.76. The minimum Gasteiger partial charge on any atom is -0.0533 e. The molecular formula is C9H18. The van der Waals surface area contributed by atoms with Crippen molar-refractivity contribution in [2.75, 3.05) is 0 Å². The van der Waals surface area contributed by atoms with E-state index in [1.165, 1.54) is 38.5 Å². The van der Waals surface area contributed by atoms with Gasteiger partial charge < -0.3 is 0 Å². The van der Waals surface area contributed by atoms with Crippen molar-refractivity contribution in [1.29, 1.82) is 0 Å². The second-order valence-corrected chi connectivity index (χ2v) is 2.99. The molecule has 1 aliphatic carbocycles. The van der Waals surface area contributed by atoms with Gasteiger partial charge in [0.05, 0.1) is 0 Å². The lowest BCUT2D eigenvalue weighted by molar-refractivity contribution is 0.624. The van der Waals surface area contributed by atoms with Gasteiger partial charge in [-0.2, -0.15) is 0 Å². The summed E-state index contributed by atoms with van der Waals surface area (Å²) in [7, 11) is 0. The van der Waals surface area contributed by atoms with Crippen LogP contribution in [0.4, 0.5) is 0 Å². The van der Waals surface area contributed by atoms with Crippen molar-refractivity contribution in [1.82, 2.24) is 0 Å². The number of hydrogen-bond donors (Lipinski definition) is 0. The van der Waals surface area contributed by atoms with Gasteiger partial charge in [-0.15, -0.1) is 0 Å². The van der Waals surface area contributed by atoms with Crippen LogP contribution in [-0.2, 0) is 0 Å². The predicted octanol–water partition coefficient (Wildman–Crippen LogP) is 3.51. The van der Waals surface area contributed by atoms with Crippen LogP contribution in [0.2, 0.25) is 0 Å². The smallest absolute Gasteiger partial charge is 0.0267 e. The fourth-order valence-electron chi connectivity index (χ4n) is 1.43. The highest BCUT2D eigenvalue weighted by Gasteiger charge is 1.95. The second-order valence-electron chi connectivity index (χ2n) is 2.99. The van der Waals surface area contributed by atoms with Gasteiger partial charge in [-0.1, -0.05) is 57.8 Å². The summed E-state index contributed by atoms with van der Waals surface area (Å²) in [6.07, 6.45) is 10.7. The maximum absolute atomic E-state index is 7.61. The highest BCUT2D eigenvalue weighted by molar-refractivity contribution is 4.51. The first-order chi connectivity index (χ1) is 4.89. The Morgan fingerprint density at radius 2 is 0.889 bits per heavy atom. The molecule has 0 unspecified atom stereocenters. The molecule has 0 heterocycles. The molecule has 0 heteroatoms. The van der Waals surface area contributed by atoms with E-state index in [2.05, 4.69) is 0 Å². The molecule has 1 aliphatic rings. The van der Waals surface area contributed by atoms with Gasteiger partial charge in [0.1, 0.15) is 0 Å². The Kier molecular flexibility index (Phi) is 3.10. The summed E-state index contributed by atoms with van der Waals surface area (Å²) in [6, 6.07) is 0. The Bertz CT molecular complexity index is 70.8. The van der Waals surface area contributed by atoms with E-state index in [0.717, 1.165) is 12.8 Å². The van der Waals surface area contributed by atoms with Gasteiger partial charge in [0.25, 0.3) is 0 Å². The molecule has 1 rings (SSSR count). The normalized spacial score (nSPS) is 27.8. The van der Waals surface area contributed by atoms with E-state index < -0.39 is 0 Å². The highest BCUT2D eigenvalue weighted by atomic mass is 14.0. The fraction of sp³-hybridized carbons (Fsp3) is 1.00. The second kappa shape index (κ2) is 4.84. The summed E-state index contributed by atoms with van der Waals surface area (Å²) >= 11 is 0. The molecule has 0 bridgehead atoms. The van der Waals surface area contributed by atoms with Gasteiger partial charge >= 0.3 is 0 Å². The van der Waals surface area contributed by atoms with E-state index in [0.29, 0.717) is 0 Å². The molecule has 0 spiro atoms. The Morgan fingerprint density at radius 1 is 0.556 bits per heavy atom. The summed E-state index contributed by atoms with van der Waals surface area (Å²) in [5.41, 5.74) is 0. The van der Waals surface area contributed by atoms with Crippen LogP contribution in [0.3, 0.4) is 0 Å². The van der Waals surface area contributed by atoms with Crippen molar-refractivity contribution < 1.29 is 1.37 Å². The number of hydrogen-bond acceptors (Lipinski definition) is 0. The van der Waals surface area contributed by atoms with Crippen LogP contribution in [-0.4, -0.2) is 0 Å². The van der Waals surface area contributed by atoms with Crippen LogP contribution >= 0.6 is 0 Å².